The average molecular weight is 608 g/mol. The third kappa shape index (κ3) is 21.8. The van der Waals surface area contributed by atoms with Gasteiger partial charge in [-0.2, -0.15) is 0 Å². The molecule has 0 saturated heterocycles. The molecule has 0 heterocycles. The molecule has 0 amide bonds. The van der Waals surface area contributed by atoms with Crippen LogP contribution in [-0.4, -0.2) is 32.9 Å². The van der Waals surface area contributed by atoms with Crippen LogP contribution < -0.4 is 24.8 Å². The van der Waals surface area contributed by atoms with Crippen molar-refractivity contribution in [3.05, 3.63) is 23.3 Å². The second kappa shape index (κ2) is 17.1. The van der Waals surface area contributed by atoms with Crippen LogP contribution in [-0.2, 0) is 20.4 Å². The SMILES string of the molecule is CC(C)=CC[PH+](C(C)(C)C)C(C)(C)C.CC(C)=CC[PH+](C(C)(C)C)C(C)(C)C.[Cl-].[Cl-].[Pd+2]. The van der Waals surface area contributed by atoms with Gasteiger partial charge in [0.2, 0.25) is 0 Å². The minimum atomic E-state index is -0.347. The van der Waals surface area contributed by atoms with Gasteiger partial charge < -0.3 is 24.8 Å². The zero-order valence-corrected chi connectivity index (χ0v) is 28.7. The molecule has 5 heteroatoms. The number of rotatable bonds is 4. The molecule has 0 rings (SSSR count). The number of halogens is 2. The topological polar surface area (TPSA) is 0 Å². The molecule has 0 spiro atoms. The van der Waals surface area contributed by atoms with E-state index in [-0.39, 0.29) is 61.1 Å². The predicted molar refractivity (Wildman–Crippen MR) is 144 cm³/mol. The van der Waals surface area contributed by atoms with Gasteiger partial charge in [0.15, 0.2) is 0 Å². The number of allylic oxidation sites excluding steroid dienone is 4. The molecule has 31 heavy (non-hydrogen) atoms. The quantitative estimate of drug-likeness (QED) is 0.261. The molecule has 0 aromatic carbocycles. The van der Waals surface area contributed by atoms with Crippen molar-refractivity contribution in [2.75, 3.05) is 12.3 Å². The molecule has 0 aromatic heterocycles. The standard InChI is InChI=1S/2C13H27P.2ClH.Pd/c2*1-11(2)9-10-14(12(3,4)5)13(6,7)8;;;/h2*9H,10H2,1-8H3;2*1H;/q;;;;+2. The molecule has 0 atom stereocenters. The van der Waals surface area contributed by atoms with E-state index < -0.39 is 0 Å². The van der Waals surface area contributed by atoms with E-state index >= 15 is 0 Å². The first-order valence-corrected chi connectivity index (χ1v) is 14.5. The van der Waals surface area contributed by atoms with Crippen molar-refractivity contribution in [1.82, 2.24) is 0 Å². The fraction of sp³-hybridized carbons (Fsp3) is 0.846. The van der Waals surface area contributed by atoms with Crippen LogP contribution in [0.15, 0.2) is 23.3 Å². The average Bonchev–Trinajstić information content (AvgIpc) is 2.31. The smallest absolute Gasteiger partial charge is 1.00 e. The molecule has 0 bridgehead atoms. The van der Waals surface area contributed by atoms with Crippen LogP contribution in [0.3, 0.4) is 0 Å². The molecule has 192 valence electrons. The van der Waals surface area contributed by atoms with Crippen LogP contribution in [0.5, 0.6) is 0 Å². The summed E-state index contributed by atoms with van der Waals surface area (Å²) in [6.45, 7) is 37.5. The summed E-state index contributed by atoms with van der Waals surface area (Å²) in [6, 6.07) is 0. The second-order valence-electron chi connectivity index (χ2n) is 12.9. The zero-order chi connectivity index (χ0) is 23.1. The van der Waals surface area contributed by atoms with E-state index in [1.165, 1.54) is 23.5 Å². The first-order chi connectivity index (χ1) is 12.1. The Morgan fingerprint density at radius 3 is 0.742 bits per heavy atom. The van der Waals surface area contributed by atoms with E-state index in [0.717, 1.165) is 0 Å². The summed E-state index contributed by atoms with van der Waals surface area (Å²) in [5.74, 6) is 0. The van der Waals surface area contributed by atoms with Crippen LogP contribution in [0.1, 0.15) is 111 Å². The first kappa shape index (κ1) is 42.7. The fourth-order valence-electron chi connectivity index (χ4n) is 4.09. The van der Waals surface area contributed by atoms with Gasteiger partial charge in [-0.1, -0.05) is 11.1 Å². The first-order valence-electron chi connectivity index (χ1n) is 11.1. The van der Waals surface area contributed by atoms with Crippen LogP contribution in [0.4, 0.5) is 0 Å². The molecule has 0 fully saturated rings. The third-order valence-electron chi connectivity index (χ3n) is 5.05. The Labute approximate surface area is 227 Å². The van der Waals surface area contributed by atoms with Gasteiger partial charge >= 0.3 is 20.4 Å². The van der Waals surface area contributed by atoms with E-state index in [2.05, 4.69) is 123 Å². The van der Waals surface area contributed by atoms with Gasteiger partial charge in [-0.15, -0.1) is 0 Å². The van der Waals surface area contributed by atoms with Gasteiger partial charge in [0.25, 0.3) is 0 Å². The zero-order valence-electron chi connectivity index (χ0n) is 23.6. The monoisotopic (exact) mass is 606 g/mol. The van der Waals surface area contributed by atoms with E-state index in [1.54, 1.807) is 0 Å². The molecular weight excluding hydrogens is 552 g/mol. The summed E-state index contributed by atoms with van der Waals surface area (Å²) < 4.78 is 0. The van der Waals surface area contributed by atoms with E-state index in [1.807, 2.05) is 0 Å². The van der Waals surface area contributed by atoms with Crippen LogP contribution in [0, 0.1) is 0 Å². The van der Waals surface area contributed by atoms with Crippen LogP contribution in [0.25, 0.3) is 0 Å². The van der Waals surface area contributed by atoms with Gasteiger partial charge in [-0.05, 0) is 123 Å². The molecule has 0 nitrogen and oxygen atoms in total. The Bertz CT molecular complexity index is 429. The largest absolute Gasteiger partial charge is 2.00 e. The van der Waals surface area contributed by atoms with Crippen LogP contribution in [0.2, 0.25) is 0 Å². The molecule has 0 saturated carbocycles. The Kier molecular flexibility index (Phi) is 23.5. The molecule has 0 N–H and O–H groups in total. The Balaban J connectivity index is -0.000000133. The van der Waals surface area contributed by atoms with Gasteiger partial charge in [-0.3, -0.25) is 0 Å². The van der Waals surface area contributed by atoms with Gasteiger partial charge in [0.1, 0.15) is 0 Å². The van der Waals surface area contributed by atoms with Crippen molar-refractivity contribution in [3.8, 4) is 0 Å². The normalized spacial score (nSPS) is 11.9. The molecule has 0 radical (unpaired) electrons. The maximum absolute atomic E-state index is 2.42. The van der Waals surface area contributed by atoms with Crippen molar-refractivity contribution in [3.63, 3.8) is 0 Å². The molecule has 0 aliphatic rings. The van der Waals surface area contributed by atoms with Crippen LogP contribution >= 0.6 is 15.8 Å². The number of hydrogen-bond donors (Lipinski definition) is 0. The summed E-state index contributed by atoms with van der Waals surface area (Å²) in [6.07, 6.45) is 7.45. The van der Waals surface area contributed by atoms with Crippen molar-refractivity contribution in [2.24, 2.45) is 0 Å². The minimum Gasteiger partial charge on any atom is -1.00 e. The molecule has 0 aromatic rings. The Hall–Kier alpha value is 1.58. The summed E-state index contributed by atoms with van der Waals surface area (Å²) >= 11 is 0. The summed E-state index contributed by atoms with van der Waals surface area (Å²) in [4.78, 5) is 0. The van der Waals surface area contributed by atoms with Crippen molar-refractivity contribution >= 4 is 15.8 Å². The maximum atomic E-state index is 2.42. The van der Waals surface area contributed by atoms with Crippen molar-refractivity contribution in [1.29, 1.82) is 0 Å². The second-order valence-corrected chi connectivity index (χ2v) is 21.7. The maximum Gasteiger partial charge on any atom is 2.00 e. The number of hydrogen-bond acceptors (Lipinski definition) is 0. The summed E-state index contributed by atoms with van der Waals surface area (Å²) in [7, 11) is -0.694. The van der Waals surface area contributed by atoms with Gasteiger partial charge in [0, 0.05) is 15.8 Å². The van der Waals surface area contributed by atoms with Crippen molar-refractivity contribution < 1.29 is 45.2 Å². The molecule has 0 aliphatic carbocycles. The van der Waals surface area contributed by atoms with E-state index in [4.69, 9.17) is 0 Å². The summed E-state index contributed by atoms with van der Waals surface area (Å²) in [5.41, 5.74) is 2.92. The predicted octanol–water partition coefficient (Wildman–Crippen LogP) is 3.53. The molecule has 0 aliphatic heterocycles. The Morgan fingerprint density at radius 1 is 0.484 bits per heavy atom. The fourth-order valence-corrected chi connectivity index (χ4v) is 12.3. The Morgan fingerprint density at radius 2 is 0.645 bits per heavy atom. The third-order valence-corrected chi connectivity index (χ3v) is 13.5. The van der Waals surface area contributed by atoms with Crippen molar-refractivity contribution in [2.45, 2.75) is 131 Å². The van der Waals surface area contributed by atoms with Gasteiger partial charge in [0.05, 0.1) is 32.9 Å². The molecule has 0 unspecified atom stereocenters. The van der Waals surface area contributed by atoms with Gasteiger partial charge in [-0.25, -0.2) is 0 Å². The molecular formula is C26H56Cl2P2Pd+2. The van der Waals surface area contributed by atoms with E-state index in [0.29, 0.717) is 20.6 Å². The summed E-state index contributed by atoms with van der Waals surface area (Å²) in [5, 5.41) is 1.98. The van der Waals surface area contributed by atoms with E-state index in [9.17, 15) is 0 Å². The minimum absolute atomic E-state index is 0.